The van der Waals surface area contributed by atoms with E-state index in [4.69, 9.17) is 16.6 Å². The summed E-state index contributed by atoms with van der Waals surface area (Å²) in [5.74, 6) is 0. The van der Waals surface area contributed by atoms with E-state index < -0.39 is 0 Å². The number of nitrogens with one attached hydrogen (secondary N) is 1. The van der Waals surface area contributed by atoms with E-state index in [1.54, 1.807) is 11.3 Å². The van der Waals surface area contributed by atoms with Crippen molar-refractivity contribution >= 4 is 34.7 Å². The third kappa shape index (κ3) is 4.74. The van der Waals surface area contributed by atoms with Gasteiger partial charge in [0.05, 0.1) is 22.4 Å². The zero-order chi connectivity index (χ0) is 19.6. The van der Waals surface area contributed by atoms with E-state index in [2.05, 4.69) is 36.4 Å². The molecule has 5 nitrogen and oxygen atoms in total. The number of rotatable bonds is 3. The van der Waals surface area contributed by atoms with Crippen LogP contribution in [0.2, 0.25) is 5.02 Å². The summed E-state index contributed by atoms with van der Waals surface area (Å²) in [5.41, 5.74) is 2.12. The minimum absolute atomic E-state index is 0.0213. The number of amides is 2. The molecular formula is C20H27ClN4OS. The second-order valence-electron chi connectivity index (χ2n) is 7.92. The van der Waals surface area contributed by atoms with Gasteiger partial charge < -0.3 is 15.1 Å². The maximum Gasteiger partial charge on any atom is 0.318 e. The number of thiazole rings is 1. The van der Waals surface area contributed by atoms with E-state index in [1.807, 2.05) is 36.1 Å². The first-order valence-corrected chi connectivity index (χ1v) is 10.5. The minimum atomic E-state index is -0.0970. The molecule has 0 saturated carbocycles. The number of halogens is 1. The van der Waals surface area contributed by atoms with Gasteiger partial charge in [0.25, 0.3) is 0 Å². The Labute approximate surface area is 170 Å². The van der Waals surface area contributed by atoms with Crippen LogP contribution >= 0.6 is 22.9 Å². The molecule has 1 unspecified atom stereocenters. The molecule has 1 aromatic carbocycles. The number of hydrogen-bond acceptors (Lipinski definition) is 4. The standard InChI is InChI=1S/C20H27ClN4OS/c1-14(18-23-17(13-27-18)20(2,3)4)22-19(26)25-11-9-24(10-12-25)16-8-6-5-7-15(16)21/h5-8,13-14H,9-12H2,1-4H3,(H,22,26). The smallest absolute Gasteiger partial charge is 0.318 e. The third-order valence-corrected chi connectivity index (χ3v) is 6.11. The predicted molar refractivity (Wildman–Crippen MR) is 113 cm³/mol. The molecule has 1 fully saturated rings. The maximum absolute atomic E-state index is 12.6. The van der Waals surface area contributed by atoms with Crippen molar-refractivity contribution in [1.82, 2.24) is 15.2 Å². The number of carbonyl (C=O) groups excluding carboxylic acids is 1. The summed E-state index contributed by atoms with van der Waals surface area (Å²) in [7, 11) is 0. The van der Waals surface area contributed by atoms with Crippen LogP contribution in [0.5, 0.6) is 0 Å². The molecule has 2 aromatic rings. The van der Waals surface area contributed by atoms with Gasteiger partial charge in [0, 0.05) is 37.0 Å². The van der Waals surface area contributed by atoms with Crippen molar-refractivity contribution < 1.29 is 4.79 Å². The first-order chi connectivity index (χ1) is 12.8. The van der Waals surface area contributed by atoms with Gasteiger partial charge in [0.2, 0.25) is 0 Å². The van der Waals surface area contributed by atoms with Gasteiger partial charge >= 0.3 is 6.03 Å². The van der Waals surface area contributed by atoms with Crippen molar-refractivity contribution in [2.75, 3.05) is 31.1 Å². The molecular weight excluding hydrogens is 380 g/mol. The molecule has 0 spiro atoms. The summed E-state index contributed by atoms with van der Waals surface area (Å²) in [6.45, 7) is 11.3. The van der Waals surface area contributed by atoms with Crippen molar-refractivity contribution in [3.63, 3.8) is 0 Å². The minimum Gasteiger partial charge on any atom is -0.367 e. The number of urea groups is 1. The molecule has 1 aromatic heterocycles. The Morgan fingerprint density at radius 3 is 2.48 bits per heavy atom. The zero-order valence-corrected chi connectivity index (χ0v) is 17.9. The topological polar surface area (TPSA) is 48.5 Å². The molecule has 1 saturated heterocycles. The number of nitrogens with zero attached hydrogens (tertiary/aromatic N) is 3. The molecule has 0 aliphatic carbocycles. The van der Waals surface area contributed by atoms with Gasteiger partial charge in [0.15, 0.2) is 0 Å². The van der Waals surface area contributed by atoms with E-state index in [0.717, 1.165) is 34.5 Å². The Hall–Kier alpha value is -1.79. The van der Waals surface area contributed by atoms with Crippen LogP contribution in [0.25, 0.3) is 0 Å². The molecule has 146 valence electrons. The largest absolute Gasteiger partial charge is 0.367 e. The molecule has 27 heavy (non-hydrogen) atoms. The molecule has 1 aliphatic heterocycles. The van der Waals surface area contributed by atoms with Crippen LogP contribution in [0.4, 0.5) is 10.5 Å². The summed E-state index contributed by atoms with van der Waals surface area (Å²) in [6, 6.07) is 7.71. The van der Waals surface area contributed by atoms with Gasteiger partial charge in [-0.15, -0.1) is 11.3 Å². The summed E-state index contributed by atoms with van der Waals surface area (Å²) in [6.07, 6.45) is 0. The molecule has 1 aliphatic rings. The molecule has 2 heterocycles. The number of hydrogen-bond donors (Lipinski definition) is 1. The highest BCUT2D eigenvalue weighted by Gasteiger charge is 2.25. The zero-order valence-electron chi connectivity index (χ0n) is 16.3. The third-order valence-electron chi connectivity index (χ3n) is 4.76. The monoisotopic (exact) mass is 406 g/mol. The first-order valence-electron chi connectivity index (χ1n) is 9.26. The Kier molecular flexibility index (Phi) is 5.96. The average molecular weight is 407 g/mol. The molecule has 1 N–H and O–H groups in total. The molecule has 1 atom stereocenters. The van der Waals surface area contributed by atoms with Gasteiger partial charge in [-0.1, -0.05) is 44.5 Å². The second-order valence-corrected chi connectivity index (χ2v) is 9.21. The molecule has 3 rings (SSSR count). The fourth-order valence-corrected chi connectivity index (χ4v) is 4.34. The first kappa shape index (κ1) is 20.0. The van der Waals surface area contributed by atoms with Gasteiger partial charge in [-0.2, -0.15) is 0 Å². The Morgan fingerprint density at radius 1 is 1.22 bits per heavy atom. The highest BCUT2D eigenvalue weighted by atomic mass is 35.5. The highest BCUT2D eigenvalue weighted by Crippen LogP contribution is 2.28. The fourth-order valence-electron chi connectivity index (χ4n) is 3.03. The van der Waals surface area contributed by atoms with Crippen molar-refractivity contribution in [3.05, 3.63) is 45.4 Å². The molecule has 7 heteroatoms. The van der Waals surface area contributed by atoms with Crippen LogP contribution in [-0.2, 0) is 5.41 Å². The van der Waals surface area contributed by atoms with Crippen molar-refractivity contribution in [2.24, 2.45) is 0 Å². The van der Waals surface area contributed by atoms with E-state index in [0.29, 0.717) is 13.1 Å². The van der Waals surface area contributed by atoms with Crippen LogP contribution in [0.3, 0.4) is 0 Å². The summed E-state index contributed by atoms with van der Waals surface area (Å²) >= 11 is 7.89. The molecule has 0 bridgehead atoms. The Morgan fingerprint density at radius 2 is 1.89 bits per heavy atom. The van der Waals surface area contributed by atoms with Crippen LogP contribution < -0.4 is 10.2 Å². The lowest BCUT2D eigenvalue weighted by Gasteiger charge is -2.36. The van der Waals surface area contributed by atoms with Crippen LogP contribution in [-0.4, -0.2) is 42.1 Å². The van der Waals surface area contributed by atoms with Crippen LogP contribution in [0, 0.1) is 0 Å². The van der Waals surface area contributed by atoms with Gasteiger partial charge in [0.1, 0.15) is 5.01 Å². The second kappa shape index (κ2) is 8.07. The number of carbonyl (C=O) groups is 1. The van der Waals surface area contributed by atoms with Gasteiger partial charge in [-0.25, -0.2) is 9.78 Å². The van der Waals surface area contributed by atoms with Gasteiger partial charge in [-0.3, -0.25) is 0 Å². The normalized spacial score (nSPS) is 16.3. The SMILES string of the molecule is CC(NC(=O)N1CCN(c2ccccc2Cl)CC1)c1nc(C(C)(C)C)cs1. The van der Waals surface area contributed by atoms with Gasteiger partial charge in [-0.05, 0) is 19.1 Å². The molecule has 0 radical (unpaired) electrons. The van der Waals surface area contributed by atoms with E-state index in [1.165, 1.54) is 0 Å². The number of aromatic nitrogens is 1. The number of anilines is 1. The number of benzene rings is 1. The number of para-hydroxylation sites is 1. The van der Waals surface area contributed by atoms with Crippen LogP contribution in [0.1, 0.15) is 44.4 Å². The number of piperazine rings is 1. The van der Waals surface area contributed by atoms with E-state index in [9.17, 15) is 4.79 Å². The molecule has 2 amide bonds. The summed E-state index contributed by atoms with van der Waals surface area (Å²) in [5, 5.41) is 6.87. The lowest BCUT2D eigenvalue weighted by atomic mass is 9.93. The summed E-state index contributed by atoms with van der Waals surface area (Å²) in [4.78, 5) is 21.4. The lowest BCUT2D eigenvalue weighted by molar-refractivity contribution is 0.191. The van der Waals surface area contributed by atoms with Crippen LogP contribution in [0.15, 0.2) is 29.6 Å². The predicted octanol–water partition coefficient (Wildman–Crippen LogP) is 4.69. The van der Waals surface area contributed by atoms with E-state index >= 15 is 0 Å². The maximum atomic E-state index is 12.6. The van der Waals surface area contributed by atoms with Crippen molar-refractivity contribution in [3.8, 4) is 0 Å². The fraction of sp³-hybridized carbons (Fsp3) is 0.500. The lowest BCUT2D eigenvalue weighted by Crippen LogP contribution is -2.52. The van der Waals surface area contributed by atoms with E-state index in [-0.39, 0.29) is 17.5 Å². The Bertz CT molecular complexity index is 793. The highest BCUT2D eigenvalue weighted by molar-refractivity contribution is 7.09. The summed E-state index contributed by atoms with van der Waals surface area (Å²) < 4.78 is 0. The van der Waals surface area contributed by atoms with Crippen molar-refractivity contribution in [1.29, 1.82) is 0 Å². The average Bonchev–Trinajstić information content (AvgIpc) is 3.13. The van der Waals surface area contributed by atoms with Crippen molar-refractivity contribution in [2.45, 2.75) is 39.2 Å². The quantitative estimate of drug-likeness (QED) is 0.804. The Balaban J connectivity index is 1.55.